The molecule has 9 heteroatoms. The fraction of sp³-hybridized carbons (Fsp3) is 0.344. The zero-order chi connectivity index (χ0) is 29.5. The van der Waals surface area contributed by atoms with Gasteiger partial charge >= 0.3 is 11.9 Å². The first-order chi connectivity index (χ1) is 19.8. The maximum atomic E-state index is 11.2. The van der Waals surface area contributed by atoms with Crippen LogP contribution in [0, 0.1) is 0 Å². The third kappa shape index (κ3) is 11.7. The maximum absolute atomic E-state index is 11.2. The molecule has 0 spiro atoms. The van der Waals surface area contributed by atoms with Gasteiger partial charge in [-0.25, -0.2) is 14.6 Å². The van der Waals surface area contributed by atoms with Gasteiger partial charge in [0.1, 0.15) is 22.6 Å². The molecule has 0 aliphatic rings. The molecule has 1 unspecified atom stereocenters. The van der Waals surface area contributed by atoms with Crippen LogP contribution in [-0.4, -0.2) is 51.4 Å². The zero-order valence-electron chi connectivity index (χ0n) is 23.2. The topological polar surface area (TPSA) is 126 Å². The number of aliphatic hydroxyl groups excluding tert-OH is 1. The summed E-state index contributed by atoms with van der Waals surface area (Å²) >= 11 is 1.11. The predicted octanol–water partition coefficient (Wildman–Crippen LogP) is 6.50. The summed E-state index contributed by atoms with van der Waals surface area (Å²) in [7, 11) is 1.67. The van der Waals surface area contributed by atoms with E-state index in [4.69, 9.17) is 19.7 Å². The molecule has 0 amide bonds. The Kier molecular flexibility index (Phi) is 13.2. The molecule has 0 bridgehead atoms. The molecule has 1 aromatic heterocycles. The van der Waals surface area contributed by atoms with Gasteiger partial charge in [0.15, 0.2) is 0 Å². The second-order valence-corrected chi connectivity index (χ2v) is 10.8. The van der Waals surface area contributed by atoms with Crippen molar-refractivity contribution in [3.63, 3.8) is 0 Å². The van der Waals surface area contributed by atoms with E-state index in [-0.39, 0.29) is 12.0 Å². The molecule has 0 saturated carbocycles. The number of benzene rings is 2. The largest absolute Gasteiger partial charge is 0.497 e. The van der Waals surface area contributed by atoms with Crippen LogP contribution >= 0.6 is 11.8 Å². The lowest BCUT2D eigenvalue weighted by Crippen LogP contribution is -2.07. The quantitative estimate of drug-likeness (QED) is 0.0670. The van der Waals surface area contributed by atoms with Gasteiger partial charge in [0.2, 0.25) is 0 Å². The number of carbonyl (C=O) groups is 2. The number of aliphatic hydroxyl groups is 1. The van der Waals surface area contributed by atoms with E-state index in [1.165, 1.54) is 36.6 Å². The summed E-state index contributed by atoms with van der Waals surface area (Å²) in [6, 6.07) is 18.1. The molecule has 1 heterocycles. The van der Waals surface area contributed by atoms with E-state index in [1.807, 2.05) is 12.1 Å². The summed E-state index contributed by atoms with van der Waals surface area (Å²) in [5.74, 6) is -0.763. The summed E-state index contributed by atoms with van der Waals surface area (Å²) in [5.41, 5.74) is 1.67. The highest BCUT2D eigenvalue weighted by Crippen LogP contribution is 2.28. The molecule has 0 aliphatic heterocycles. The van der Waals surface area contributed by atoms with Crippen LogP contribution < -0.4 is 9.47 Å². The fourth-order valence-corrected chi connectivity index (χ4v) is 5.08. The molecule has 0 aliphatic carbocycles. The Morgan fingerprint density at radius 1 is 0.927 bits per heavy atom. The van der Waals surface area contributed by atoms with Gasteiger partial charge in [0.05, 0.1) is 24.3 Å². The van der Waals surface area contributed by atoms with Crippen molar-refractivity contribution in [1.29, 1.82) is 0 Å². The molecule has 0 radical (unpaired) electrons. The van der Waals surface area contributed by atoms with Crippen molar-refractivity contribution in [3.05, 3.63) is 89.1 Å². The van der Waals surface area contributed by atoms with Crippen LogP contribution in [0.3, 0.4) is 0 Å². The highest BCUT2D eigenvalue weighted by atomic mass is 32.2. The summed E-state index contributed by atoms with van der Waals surface area (Å²) < 4.78 is 11.1. The monoisotopic (exact) mass is 579 g/mol. The van der Waals surface area contributed by atoms with Crippen LogP contribution in [0.4, 0.5) is 0 Å². The Morgan fingerprint density at radius 3 is 2.37 bits per heavy atom. The van der Waals surface area contributed by atoms with E-state index >= 15 is 0 Å². The van der Waals surface area contributed by atoms with Crippen LogP contribution in [-0.2, 0) is 17.6 Å². The second-order valence-electron chi connectivity index (χ2n) is 9.55. The number of aryl methyl sites for hydroxylation is 1. The minimum absolute atomic E-state index is 0.158. The maximum Gasteiger partial charge on any atom is 0.335 e. The number of hydrogen-bond donors (Lipinski definition) is 3. The number of thioether (sulfide) groups is 1. The van der Waals surface area contributed by atoms with Gasteiger partial charge in [-0.1, -0.05) is 61.7 Å². The van der Waals surface area contributed by atoms with E-state index in [9.17, 15) is 14.7 Å². The number of ether oxygens (including phenoxy) is 2. The molecule has 3 N–H and O–H groups in total. The van der Waals surface area contributed by atoms with E-state index in [1.54, 1.807) is 31.4 Å². The van der Waals surface area contributed by atoms with Crippen LogP contribution in [0.2, 0.25) is 0 Å². The minimum atomic E-state index is -1.10. The Balaban J connectivity index is 1.43. The number of aromatic carboxylic acids is 1. The van der Waals surface area contributed by atoms with Crippen molar-refractivity contribution in [2.45, 2.75) is 61.8 Å². The lowest BCUT2D eigenvalue weighted by Gasteiger charge is -2.13. The normalized spacial score (nSPS) is 11.9. The number of unbranched alkanes of at least 4 members (excludes halogenated alkanes) is 5. The van der Waals surface area contributed by atoms with Gasteiger partial charge in [-0.05, 0) is 72.9 Å². The molecule has 3 aromatic rings. The molecular formula is C32H37NO7S. The van der Waals surface area contributed by atoms with Gasteiger partial charge in [0.25, 0.3) is 0 Å². The van der Waals surface area contributed by atoms with Crippen LogP contribution in [0.5, 0.6) is 11.5 Å². The van der Waals surface area contributed by atoms with Crippen molar-refractivity contribution < 1.29 is 34.4 Å². The lowest BCUT2D eigenvalue weighted by molar-refractivity contribution is -0.131. The summed E-state index contributed by atoms with van der Waals surface area (Å²) in [4.78, 5) is 26.8. The number of carboxylic acid groups (broad SMARTS) is 2. The Labute approximate surface area is 245 Å². The smallest absolute Gasteiger partial charge is 0.335 e. The molecule has 1 atom stereocenters. The van der Waals surface area contributed by atoms with Crippen molar-refractivity contribution >= 4 is 29.8 Å². The van der Waals surface area contributed by atoms with E-state index in [2.05, 4.69) is 17.1 Å². The molecule has 41 heavy (non-hydrogen) atoms. The molecule has 0 fully saturated rings. The van der Waals surface area contributed by atoms with Gasteiger partial charge < -0.3 is 24.8 Å². The van der Waals surface area contributed by atoms with Gasteiger partial charge in [-0.3, -0.25) is 0 Å². The highest BCUT2D eigenvalue weighted by Gasteiger charge is 2.13. The van der Waals surface area contributed by atoms with Gasteiger partial charge in [-0.15, -0.1) is 0 Å². The van der Waals surface area contributed by atoms with Crippen molar-refractivity contribution in [1.82, 2.24) is 4.98 Å². The zero-order valence-corrected chi connectivity index (χ0v) is 24.0. The molecule has 2 aromatic carbocycles. The van der Waals surface area contributed by atoms with Gasteiger partial charge in [-0.2, -0.15) is 0 Å². The first kappa shape index (κ1) is 31.7. The molecule has 0 saturated heterocycles. The Morgan fingerprint density at radius 2 is 1.66 bits per heavy atom. The molecule has 8 nitrogen and oxygen atoms in total. The molecule has 218 valence electrons. The van der Waals surface area contributed by atoms with Crippen molar-refractivity contribution in [3.8, 4) is 11.5 Å². The van der Waals surface area contributed by atoms with Crippen LogP contribution in [0.1, 0.15) is 65.7 Å². The number of aromatic nitrogens is 1. The van der Waals surface area contributed by atoms with Crippen LogP contribution in [0.15, 0.2) is 71.8 Å². The van der Waals surface area contributed by atoms with Gasteiger partial charge in [0, 0.05) is 12.5 Å². The van der Waals surface area contributed by atoms with Crippen LogP contribution in [0.25, 0.3) is 6.08 Å². The highest BCUT2D eigenvalue weighted by molar-refractivity contribution is 7.99. The Hall–Kier alpha value is -3.82. The van der Waals surface area contributed by atoms with E-state index in [0.29, 0.717) is 28.6 Å². The SMILES string of the molecule is COc1ccc(CCCCCCCCOc2ccc(SC(O)Cc3cccc(C(=O)O)c3)nc2C=CC(=O)O)cc1. The standard InChI is InChI=1S/C32H37NO7S/c1-39-26-14-12-23(13-15-26)9-6-4-2-3-5-7-20-40-28-17-18-29(33-27(28)16-19-30(34)35)41-31(36)22-24-10-8-11-25(21-24)32(37)38/h8,10-19,21,31,36H,2-7,9,20,22H2,1H3,(H,34,35)(H,37,38). The number of rotatable bonds is 18. The molecular weight excluding hydrogens is 542 g/mol. The minimum Gasteiger partial charge on any atom is -0.497 e. The predicted molar refractivity (Wildman–Crippen MR) is 160 cm³/mol. The number of carboxylic acids is 2. The summed E-state index contributed by atoms with van der Waals surface area (Å²) in [5, 5.41) is 29.3. The average molecular weight is 580 g/mol. The number of hydrogen-bond acceptors (Lipinski definition) is 7. The first-order valence-electron chi connectivity index (χ1n) is 13.7. The number of nitrogens with zero attached hydrogens (tertiary/aromatic N) is 1. The second kappa shape index (κ2) is 17.1. The Bertz CT molecular complexity index is 1290. The third-order valence-electron chi connectivity index (χ3n) is 6.36. The summed E-state index contributed by atoms with van der Waals surface area (Å²) in [6.07, 6.45) is 10.2. The number of methoxy groups -OCH3 is 1. The number of pyridine rings is 1. The van der Waals surface area contributed by atoms with Crippen molar-refractivity contribution in [2.75, 3.05) is 13.7 Å². The third-order valence-corrected chi connectivity index (χ3v) is 7.27. The van der Waals surface area contributed by atoms with E-state index < -0.39 is 17.4 Å². The first-order valence-corrected chi connectivity index (χ1v) is 14.6. The average Bonchev–Trinajstić information content (AvgIpc) is 2.96. The molecule has 3 rings (SSSR count). The van der Waals surface area contributed by atoms with Crippen molar-refractivity contribution in [2.24, 2.45) is 0 Å². The van der Waals surface area contributed by atoms with E-state index in [0.717, 1.165) is 55.7 Å². The number of aliphatic carboxylic acids is 1. The lowest BCUT2D eigenvalue weighted by atomic mass is 10.0. The fourth-order valence-electron chi connectivity index (χ4n) is 4.23. The summed E-state index contributed by atoms with van der Waals surface area (Å²) in [6.45, 7) is 0.497.